The summed E-state index contributed by atoms with van der Waals surface area (Å²) in [6, 6.07) is 16.8. The van der Waals surface area contributed by atoms with Gasteiger partial charge < -0.3 is 15.1 Å². The molecular weight excluding hydrogens is 338 g/mol. The van der Waals surface area contributed by atoms with Crippen LogP contribution in [0.5, 0.6) is 0 Å². The molecule has 0 aromatic heterocycles. The number of anilines is 1. The Morgan fingerprint density at radius 3 is 2.19 bits per heavy atom. The molecular formula is C22H25N3O2. The van der Waals surface area contributed by atoms with E-state index in [1.54, 1.807) is 35.2 Å². The van der Waals surface area contributed by atoms with Crippen LogP contribution in [0, 0.1) is 0 Å². The molecule has 0 unspecified atom stereocenters. The van der Waals surface area contributed by atoms with E-state index in [1.165, 1.54) is 0 Å². The fourth-order valence-corrected chi connectivity index (χ4v) is 3.06. The van der Waals surface area contributed by atoms with Gasteiger partial charge in [0.25, 0.3) is 11.8 Å². The molecule has 2 amide bonds. The fourth-order valence-electron chi connectivity index (χ4n) is 3.06. The highest BCUT2D eigenvalue weighted by atomic mass is 16.2. The number of hydrogen-bond acceptors (Lipinski definition) is 3. The van der Waals surface area contributed by atoms with Crippen molar-refractivity contribution in [3.05, 3.63) is 71.4 Å². The largest absolute Gasteiger partial charge is 0.378 e. The summed E-state index contributed by atoms with van der Waals surface area (Å²) in [5.41, 5.74) is 2.79. The van der Waals surface area contributed by atoms with Crippen molar-refractivity contribution in [3.63, 3.8) is 0 Å². The second-order valence-corrected chi connectivity index (χ2v) is 6.86. The maximum Gasteiger partial charge on any atom is 0.270 e. The van der Waals surface area contributed by atoms with Gasteiger partial charge in [-0.15, -0.1) is 0 Å². The summed E-state index contributed by atoms with van der Waals surface area (Å²) >= 11 is 0. The normalized spacial score (nSPS) is 14.1. The molecule has 1 aliphatic heterocycles. The van der Waals surface area contributed by atoms with Gasteiger partial charge in [-0.25, -0.2) is 0 Å². The number of carbonyl (C=O) groups is 2. The van der Waals surface area contributed by atoms with Crippen molar-refractivity contribution >= 4 is 23.6 Å². The quantitative estimate of drug-likeness (QED) is 0.831. The number of nitrogens with zero attached hydrogens (tertiary/aromatic N) is 2. The van der Waals surface area contributed by atoms with Gasteiger partial charge in [-0.2, -0.15) is 0 Å². The monoisotopic (exact) mass is 363 g/mol. The van der Waals surface area contributed by atoms with Gasteiger partial charge in [-0.1, -0.05) is 30.3 Å². The number of amides is 2. The van der Waals surface area contributed by atoms with E-state index in [-0.39, 0.29) is 11.8 Å². The maximum absolute atomic E-state index is 12.9. The summed E-state index contributed by atoms with van der Waals surface area (Å²) < 4.78 is 0. The lowest BCUT2D eigenvalue weighted by Crippen LogP contribution is -2.36. The minimum Gasteiger partial charge on any atom is -0.378 e. The molecule has 2 aromatic carbocycles. The summed E-state index contributed by atoms with van der Waals surface area (Å²) in [7, 11) is 3.96. The second-order valence-electron chi connectivity index (χ2n) is 6.86. The Labute approximate surface area is 160 Å². The first-order chi connectivity index (χ1) is 13.0. The molecule has 0 spiro atoms. The van der Waals surface area contributed by atoms with Crippen LogP contribution in [-0.2, 0) is 4.79 Å². The Kier molecular flexibility index (Phi) is 5.91. The zero-order valence-corrected chi connectivity index (χ0v) is 15.8. The Bertz CT molecular complexity index is 820. The van der Waals surface area contributed by atoms with E-state index in [9.17, 15) is 9.59 Å². The first-order valence-electron chi connectivity index (χ1n) is 9.19. The molecule has 3 rings (SSSR count). The molecule has 2 aromatic rings. The van der Waals surface area contributed by atoms with E-state index in [0.29, 0.717) is 11.3 Å². The SMILES string of the molecule is CN(C)c1ccc(C=C(NC(=O)c2ccccc2)C(=O)N2CCCC2)cc1. The molecule has 27 heavy (non-hydrogen) atoms. The van der Waals surface area contributed by atoms with Crippen LogP contribution in [0.2, 0.25) is 0 Å². The lowest BCUT2D eigenvalue weighted by Gasteiger charge is -2.18. The molecule has 0 radical (unpaired) electrons. The van der Waals surface area contributed by atoms with Crippen LogP contribution < -0.4 is 10.2 Å². The van der Waals surface area contributed by atoms with Crippen molar-refractivity contribution in [2.45, 2.75) is 12.8 Å². The molecule has 140 valence electrons. The van der Waals surface area contributed by atoms with Gasteiger partial charge >= 0.3 is 0 Å². The first kappa shape index (κ1) is 18.7. The Balaban J connectivity index is 1.86. The van der Waals surface area contributed by atoms with Gasteiger partial charge in [-0.3, -0.25) is 9.59 Å². The predicted molar refractivity (Wildman–Crippen MR) is 108 cm³/mol. The van der Waals surface area contributed by atoms with Crippen LogP contribution >= 0.6 is 0 Å². The number of nitrogens with one attached hydrogen (secondary N) is 1. The van der Waals surface area contributed by atoms with Gasteiger partial charge in [0.15, 0.2) is 0 Å². The average molecular weight is 363 g/mol. The van der Waals surface area contributed by atoms with Crippen LogP contribution in [0.3, 0.4) is 0 Å². The van der Waals surface area contributed by atoms with Crippen molar-refractivity contribution in [3.8, 4) is 0 Å². The van der Waals surface area contributed by atoms with Crippen molar-refractivity contribution in [1.29, 1.82) is 0 Å². The molecule has 1 heterocycles. The molecule has 1 saturated heterocycles. The molecule has 0 aliphatic carbocycles. The lowest BCUT2D eigenvalue weighted by molar-refractivity contribution is -0.126. The maximum atomic E-state index is 12.9. The first-order valence-corrected chi connectivity index (χ1v) is 9.19. The summed E-state index contributed by atoms with van der Waals surface area (Å²) in [4.78, 5) is 29.3. The molecule has 0 bridgehead atoms. The Morgan fingerprint density at radius 1 is 0.963 bits per heavy atom. The molecule has 1 fully saturated rings. The average Bonchev–Trinajstić information content (AvgIpc) is 3.22. The smallest absolute Gasteiger partial charge is 0.270 e. The summed E-state index contributed by atoms with van der Waals surface area (Å²) in [5.74, 6) is -0.409. The van der Waals surface area contributed by atoms with E-state index in [4.69, 9.17) is 0 Å². The minimum absolute atomic E-state index is 0.131. The van der Waals surface area contributed by atoms with Crippen molar-refractivity contribution in [2.75, 3.05) is 32.1 Å². The number of hydrogen-bond donors (Lipinski definition) is 1. The highest BCUT2D eigenvalue weighted by Crippen LogP contribution is 2.17. The number of carbonyl (C=O) groups excluding carboxylic acids is 2. The van der Waals surface area contributed by atoms with E-state index in [1.807, 2.05) is 49.3 Å². The van der Waals surface area contributed by atoms with Crippen molar-refractivity contribution < 1.29 is 9.59 Å². The van der Waals surface area contributed by atoms with E-state index >= 15 is 0 Å². The van der Waals surface area contributed by atoms with Crippen LogP contribution in [0.1, 0.15) is 28.8 Å². The predicted octanol–water partition coefficient (Wildman–Crippen LogP) is 3.15. The number of likely N-dealkylation sites (tertiary alicyclic amines) is 1. The van der Waals surface area contributed by atoms with Gasteiger partial charge in [0.05, 0.1) is 0 Å². The van der Waals surface area contributed by atoms with E-state index in [2.05, 4.69) is 5.32 Å². The highest BCUT2D eigenvalue weighted by molar-refractivity contribution is 6.05. The number of rotatable bonds is 5. The third kappa shape index (κ3) is 4.76. The lowest BCUT2D eigenvalue weighted by atomic mass is 10.1. The second kappa shape index (κ2) is 8.54. The Hall–Kier alpha value is -3.08. The van der Waals surface area contributed by atoms with Gasteiger partial charge in [0.2, 0.25) is 0 Å². The van der Waals surface area contributed by atoms with Gasteiger partial charge in [0, 0.05) is 38.4 Å². The van der Waals surface area contributed by atoms with Crippen molar-refractivity contribution in [1.82, 2.24) is 10.2 Å². The zero-order chi connectivity index (χ0) is 19.2. The van der Waals surface area contributed by atoms with E-state index < -0.39 is 0 Å². The molecule has 0 saturated carbocycles. The molecule has 1 aliphatic rings. The summed E-state index contributed by atoms with van der Waals surface area (Å²) in [6.45, 7) is 1.47. The van der Waals surface area contributed by atoms with Gasteiger partial charge in [0.1, 0.15) is 5.70 Å². The molecule has 5 heteroatoms. The Morgan fingerprint density at radius 2 is 1.59 bits per heavy atom. The van der Waals surface area contributed by atoms with Gasteiger partial charge in [-0.05, 0) is 48.7 Å². The zero-order valence-electron chi connectivity index (χ0n) is 15.8. The standard InChI is InChI=1S/C22H25N3O2/c1-24(2)19-12-10-17(11-13-19)16-20(22(27)25-14-6-7-15-25)23-21(26)18-8-4-3-5-9-18/h3-5,8-13,16H,6-7,14-15H2,1-2H3,(H,23,26). The van der Waals surface area contributed by atoms with Crippen LogP contribution in [0.15, 0.2) is 60.3 Å². The van der Waals surface area contributed by atoms with Crippen LogP contribution in [-0.4, -0.2) is 43.9 Å². The van der Waals surface area contributed by atoms with E-state index in [0.717, 1.165) is 37.2 Å². The van der Waals surface area contributed by atoms with Crippen LogP contribution in [0.4, 0.5) is 5.69 Å². The molecule has 0 atom stereocenters. The third-order valence-corrected chi connectivity index (χ3v) is 4.63. The van der Waals surface area contributed by atoms with Crippen molar-refractivity contribution in [2.24, 2.45) is 0 Å². The minimum atomic E-state index is -0.278. The van der Waals surface area contributed by atoms with Crippen LogP contribution in [0.25, 0.3) is 6.08 Å². The third-order valence-electron chi connectivity index (χ3n) is 4.63. The number of benzene rings is 2. The molecule has 5 nitrogen and oxygen atoms in total. The molecule has 1 N–H and O–H groups in total. The fraction of sp³-hybridized carbons (Fsp3) is 0.273. The summed E-state index contributed by atoms with van der Waals surface area (Å²) in [5, 5.41) is 2.82. The summed E-state index contributed by atoms with van der Waals surface area (Å²) in [6.07, 6.45) is 3.76. The topological polar surface area (TPSA) is 52.7 Å². The highest BCUT2D eigenvalue weighted by Gasteiger charge is 2.23.